The van der Waals surface area contributed by atoms with E-state index < -0.39 is 10.0 Å². The van der Waals surface area contributed by atoms with E-state index in [9.17, 15) is 18.0 Å². The minimum atomic E-state index is -3.65. The molecular weight excluding hydrogens is 406 g/mol. The average molecular weight is 432 g/mol. The second-order valence-electron chi connectivity index (χ2n) is 6.91. The Hall–Kier alpha value is -2.75. The zero-order valence-corrected chi connectivity index (χ0v) is 17.6. The third-order valence-corrected chi connectivity index (χ3v) is 6.66. The molecule has 1 heterocycles. The van der Waals surface area contributed by atoms with E-state index in [1.165, 1.54) is 16.4 Å². The summed E-state index contributed by atoms with van der Waals surface area (Å²) in [4.78, 5) is 24.5. The van der Waals surface area contributed by atoms with Crippen molar-refractivity contribution in [1.82, 2.24) is 9.62 Å². The molecule has 9 heteroatoms. The van der Waals surface area contributed by atoms with E-state index in [1.54, 1.807) is 37.3 Å². The highest BCUT2D eigenvalue weighted by atomic mass is 32.2. The van der Waals surface area contributed by atoms with E-state index >= 15 is 0 Å². The van der Waals surface area contributed by atoms with Gasteiger partial charge in [0.2, 0.25) is 15.9 Å². The normalized spacial score (nSPS) is 14.8. The first kappa shape index (κ1) is 21.9. The number of aryl methyl sites for hydroxylation is 1. The molecule has 0 saturated carbocycles. The van der Waals surface area contributed by atoms with Gasteiger partial charge in [-0.1, -0.05) is 24.3 Å². The van der Waals surface area contributed by atoms with Gasteiger partial charge in [0.05, 0.1) is 18.1 Å². The third-order valence-electron chi connectivity index (χ3n) is 4.76. The van der Waals surface area contributed by atoms with Gasteiger partial charge in [-0.25, -0.2) is 8.42 Å². The summed E-state index contributed by atoms with van der Waals surface area (Å²) in [5.74, 6) is -0.564. The Labute approximate surface area is 176 Å². The molecule has 2 aromatic carbocycles. The highest BCUT2D eigenvalue weighted by Gasteiger charge is 2.26. The molecule has 8 nitrogen and oxygen atoms in total. The van der Waals surface area contributed by atoms with Crippen molar-refractivity contribution in [2.75, 3.05) is 38.2 Å². The Bertz CT molecular complexity index is 1000. The zero-order valence-electron chi connectivity index (χ0n) is 16.8. The third kappa shape index (κ3) is 5.44. The van der Waals surface area contributed by atoms with Gasteiger partial charge < -0.3 is 15.4 Å². The first-order chi connectivity index (χ1) is 14.4. The topological polar surface area (TPSA) is 105 Å². The molecule has 1 aliphatic heterocycles. The fourth-order valence-electron chi connectivity index (χ4n) is 3.03. The Kier molecular flexibility index (Phi) is 7.20. The quantitative estimate of drug-likeness (QED) is 0.695. The van der Waals surface area contributed by atoms with Crippen LogP contribution in [0.1, 0.15) is 22.3 Å². The molecule has 30 heavy (non-hydrogen) atoms. The molecular formula is C21H25N3O5S. The molecule has 0 spiro atoms. The molecule has 0 bridgehead atoms. The zero-order chi connectivity index (χ0) is 21.6. The van der Waals surface area contributed by atoms with Gasteiger partial charge in [-0.2, -0.15) is 4.31 Å². The maximum atomic E-state index is 12.8. The smallest absolute Gasteiger partial charge is 0.251 e. The average Bonchev–Trinajstić information content (AvgIpc) is 2.76. The summed E-state index contributed by atoms with van der Waals surface area (Å²) in [7, 11) is -3.65. The van der Waals surface area contributed by atoms with Crippen molar-refractivity contribution in [3.8, 4) is 0 Å². The maximum absolute atomic E-state index is 12.8. The molecule has 3 rings (SSSR count). The van der Waals surface area contributed by atoms with Gasteiger partial charge >= 0.3 is 0 Å². The number of benzene rings is 2. The van der Waals surface area contributed by atoms with Crippen molar-refractivity contribution in [2.24, 2.45) is 0 Å². The Morgan fingerprint density at radius 2 is 1.77 bits per heavy atom. The minimum Gasteiger partial charge on any atom is -0.379 e. The number of ether oxygens (including phenoxy) is 1. The first-order valence-corrected chi connectivity index (χ1v) is 11.1. The van der Waals surface area contributed by atoms with E-state index in [2.05, 4.69) is 10.6 Å². The molecule has 2 amide bonds. The molecule has 0 unspecified atom stereocenters. The summed E-state index contributed by atoms with van der Waals surface area (Å²) >= 11 is 0. The highest BCUT2D eigenvalue weighted by molar-refractivity contribution is 7.89. The summed E-state index contributed by atoms with van der Waals surface area (Å²) in [6, 6.07) is 13.4. The first-order valence-electron chi connectivity index (χ1n) is 9.69. The standard InChI is InChI=1S/C21H25N3O5S/c1-16-7-8-18(30(27,28)24-11-13-29-14-12-24)15-19(16)23-20(25)9-10-22-21(26)17-5-3-2-4-6-17/h2-8,15H,9-14H2,1H3,(H,22,26)(H,23,25). The summed E-state index contributed by atoms with van der Waals surface area (Å²) in [6.45, 7) is 3.30. The second-order valence-corrected chi connectivity index (χ2v) is 8.85. The number of nitrogens with zero attached hydrogens (tertiary/aromatic N) is 1. The van der Waals surface area contributed by atoms with Gasteiger partial charge in [-0.05, 0) is 36.8 Å². The summed E-state index contributed by atoms with van der Waals surface area (Å²) in [5, 5.41) is 5.44. The van der Waals surface area contributed by atoms with Gasteiger partial charge in [-0.15, -0.1) is 0 Å². The van der Waals surface area contributed by atoms with Gasteiger partial charge in [0, 0.05) is 37.3 Å². The van der Waals surface area contributed by atoms with Crippen molar-refractivity contribution in [3.63, 3.8) is 0 Å². The number of morpholine rings is 1. The molecule has 0 radical (unpaired) electrons. The predicted molar refractivity (Wildman–Crippen MR) is 113 cm³/mol. The molecule has 2 aromatic rings. The van der Waals surface area contributed by atoms with Crippen LogP contribution in [-0.2, 0) is 19.6 Å². The van der Waals surface area contributed by atoms with Crippen molar-refractivity contribution >= 4 is 27.5 Å². The van der Waals surface area contributed by atoms with Crippen LogP contribution < -0.4 is 10.6 Å². The van der Waals surface area contributed by atoms with Crippen LogP contribution in [0.5, 0.6) is 0 Å². The predicted octanol–water partition coefficient (Wildman–Crippen LogP) is 1.77. The summed E-state index contributed by atoms with van der Waals surface area (Å²) in [6.07, 6.45) is 0.0679. The lowest BCUT2D eigenvalue weighted by molar-refractivity contribution is -0.116. The lowest BCUT2D eigenvalue weighted by Gasteiger charge is -2.26. The van der Waals surface area contributed by atoms with Gasteiger partial charge in [0.25, 0.3) is 5.91 Å². The van der Waals surface area contributed by atoms with Crippen LogP contribution in [0, 0.1) is 6.92 Å². The Balaban J connectivity index is 1.60. The Morgan fingerprint density at radius 1 is 1.07 bits per heavy atom. The fourth-order valence-corrected chi connectivity index (χ4v) is 4.46. The van der Waals surface area contributed by atoms with E-state index in [0.29, 0.717) is 37.6 Å². The van der Waals surface area contributed by atoms with Crippen molar-refractivity contribution in [3.05, 3.63) is 59.7 Å². The number of anilines is 1. The van der Waals surface area contributed by atoms with Crippen LogP contribution in [0.25, 0.3) is 0 Å². The van der Waals surface area contributed by atoms with E-state index in [1.807, 2.05) is 6.07 Å². The number of hydrogen-bond acceptors (Lipinski definition) is 5. The van der Waals surface area contributed by atoms with Crippen LogP contribution in [-0.4, -0.2) is 57.4 Å². The van der Waals surface area contributed by atoms with Gasteiger partial charge in [0.1, 0.15) is 0 Å². The van der Waals surface area contributed by atoms with Gasteiger partial charge in [0.15, 0.2) is 0 Å². The molecule has 0 aromatic heterocycles. The minimum absolute atomic E-state index is 0.0679. The second kappa shape index (κ2) is 9.84. The van der Waals surface area contributed by atoms with E-state index in [0.717, 1.165) is 5.56 Å². The Morgan fingerprint density at radius 3 is 2.47 bits per heavy atom. The van der Waals surface area contributed by atoms with Crippen molar-refractivity contribution in [2.45, 2.75) is 18.2 Å². The number of carbonyl (C=O) groups is 2. The number of sulfonamides is 1. The molecule has 1 fully saturated rings. The monoisotopic (exact) mass is 431 g/mol. The lowest BCUT2D eigenvalue weighted by Crippen LogP contribution is -2.40. The van der Waals surface area contributed by atoms with Crippen LogP contribution in [0.2, 0.25) is 0 Å². The van der Waals surface area contributed by atoms with Crippen molar-refractivity contribution < 1.29 is 22.7 Å². The maximum Gasteiger partial charge on any atom is 0.251 e. The molecule has 160 valence electrons. The van der Waals surface area contributed by atoms with Crippen LogP contribution in [0.4, 0.5) is 5.69 Å². The number of carbonyl (C=O) groups excluding carboxylic acids is 2. The van der Waals surface area contributed by atoms with Crippen LogP contribution >= 0.6 is 0 Å². The number of rotatable bonds is 7. The summed E-state index contributed by atoms with van der Waals surface area (Å²) < 4.78 is 32.3. The largest absolute Gasteiger partial charge is 0.379 e. The van der Waals surface area contributed by atoms with E-state index in [4.69, 9.17) is 4.74 Å². The molecule has 2 N–H and O–H groups in total. The highest BCUT2D eigenvalue weighted by Crippen LogP contribution is 2.23. The molecule has 1 aliphatic rings. The van der Waals surface area contributed by atoms with Crippen LogP contribution in [0.15, 0.2) is 53.4 Å². The molecule has 1 saturated heterocycles. The van der Waals surface area contributed by atoms with Crippen molar-refractivity contribution in [1.29, 1.82) is 0 Å². The van der Waals surface area contributed by atoms with Gasteiger partial charge in [-0.3, -0.25) is 9.59 Å². The lowest BCUT2D eigenvalue weighted by atomic mass is 10.2. The SMILES string of the molecule is Cc1ccc(S(=O)(=O)N2CCOCC2)cc1NC(=O)CCNC(=O)c1ccccc1. The molecule has 0 aliphatic carbocycles. The van der Waals surface area contributed by atoms with Crippen LogP contribution in [0.3, 0.4) is 0 Å². The number of amides is 2. The summed E-state index contributed by atoms with van der Waals surface area (Å²) in [5.41, 5.74) is 1.70. The fraction of sp³-hybridized carbons (Fsp3) is 0.333. The number of nitrogens with one attached hydrogen (secondary N) is 2. The number of hydrogen-bond donors (Lipinski definition) is 2. The molecule has 0 atom stereocenters. The van der Waals surface area contributed by atoms with E-state index in [-0.39, 0.29) is 29.7 Å².